The predicted molar refractivity (Wildman–Crippen MR) is 172 cm³/mol. The molecule has 2 heterocycles. The number of carbonyl (C=O) groups is 3. The van der Waals surface area contributed by atoms with Crippen LogP contribution in [-0.4, -0.2) is 53.6 Å². The Bertz CT molecular complexity index is 1910. The fourth-order valence-electron chi connectivity index (χ4n) is 5.24. The Balaban J connectivity index is 1.40. The lowest BCUT2D eigenvalue weighted by atomic mass is 10.1. The summed E-state index contributed by atoms with van der Waals surface area (Å²) in [5.41, 5.74) is 0.432. The fourth-order valence-corrected chi connectivity index (χ4v) is 5.68. The van der Waals surface area contributed by atoms with Crippen molar-refractivity contribution in [3.8, 4) is 0 Å². The van der Waals surface area contributed by atoms with Crippen molar-refractivity contribution in [3.05, 3.63) is 149 Å². The summed E-state index contributed by atoms with van der Waals surface area (Å²) >= 11 is 1.50. The average molecular weight is 636 g/mol. The molecule has 4 atom stereocenters. The molecule has 46 heavy (non-hydrogen) atoms. The monoisotopic (exact) mass is 635 g/mol. The van der Waals surface area contributed by atoms with Crippen molar-refractivity contribution in [1.82, 2.24) is 4.57 Å². The lowest BCUT2D eigenvalue weighted by Crippen LogP contribution is -2.42. The molecule has 1 aromatic heterocycles. The third kappa shape index (κ3) is 6.58. The zero-order chi connectivity index (χ0) is 32.0. The van der Waals surface area contributed by atoms with Crippen molar-refractivity contribution in [3.63, 3.8) is 0 Å². The first kappa shape index (κ1) is 30.8. The predicted octanol–water partition coefficient (Wildman–Crippen LogP) is 5.93. The van der Waals surface area contributed by atoms with Gasteiger partial charge in [0.25, 0.3) is 5.56 Å². The number of benzene rings is 4. The van der Waals surface area contributed by atoms with Gasteiger partial charge in [-0.15, -0.1) is 11.8 Å². The second-order valence-electron chi connectivity index (χ2n) is 10.5. The van der Waals surface area contributed by atoms with E-state index in [-0.39, 0.29) is 17.7 Å². The number of hydrogen-bond donors (Lipinski definition) is 0. The van der Waals surface area contributed by atoms with Crippen LogP contribution < -0.4 is 5.56 Å². The molecule has 4 aromatic carbocycles. The number of pyridine rings is 1. The van der Waals surface area contributed by atoms with Crippen LogP contribution in [0.1, 0.15) is 37.3 Å². The number of rotatable bonds is 9. The largest absolute Gasteiger partial charge is 0.459 e. The van der Waals surface area contributed by atoms with Crippen LogP contribution in [0.5, 0.6) is 0 Å². The highest BCUT2D eigenvalue weighted by atomic mass is 32.2. The third-order valence-electron chi connectivity index (χ3n) is 7.59. The summed E-state index contributed by atoms with van der Waals surface area (Å²) in [6.07, 6.45) is -1.41. The Morgan fingerprint density at radius 2 is 1.26 bits per heavy atom. The van der Waals surface area contributed by atoms with Gasteiger partial charge >= 0.3 is 17.9 Å². The van der Waals surface area contributed by atoms with E-state index in [1.807, 2.05) is 18.4 Å². The van der Waals surface area contributed by atoms with Crippen LogP contribution in [-0.2, 0) is 18.9 Å². The van der Waals surface area contributed by atoms with Crippen molar-refractivity contribution in [1.29, 1.82) is 0 Å². The van der Waals surface area contributed by atoms with Crippen LogP contribution in [0.3, 0.4) is 0 Å². The molecule has 10 heteroatoms. The van der Waals surface area contributed by atoms with Gasteiger partial charge in [-0.1, -0.05) is 60.7 Å². The maximum Gasteiger partial charge on any atom is 0.338 e. The Hall–Kier alpha value is -5.19. The number of esters is 3. The SMILES string of the molecule is CSc1ccc2ccn([C@@H]3O[C@H](COC(=O)c4ccccc4)[C@H](OC(=O)c4ccccc4)[C@H]3OC(=O)c3ccccc3)c(=O)c2c1. The quantitative estimate of drug-likeness (QED) is 0.111. The molecule has 232 valence electrons. The number of fused-ring (bicyclic) bond motifs is 1. The normalized spacial score (nSPS) is 19.0. The lowest BCUT2D eigenvalue weighted by Gasteiger charge is -2.25. The van der Waals surface area contributed by atoms with E-state index in [2.05, 4.69) is 0 Å². The van der Waals surface area contributed by atoms with Crippen molar-refractivity contribution in [2.45, 2.75) is 29.4 Å². The summed E-state index contributed by atoms with van der Waals surface area (Å²) in [4.78, 5) is 54.5. The first-order valence-corrected chi connectivity index (χ1v) is 15.7. The Morgan fingerprint density at radius 1 is 0.717 bits per heavy atom. The molecule has 0 saturated carbocycles. The molecular formula is C36H29NO8S. The fraction of sp³-hybridized carbons (Fsp3) is 0.167. The van der Waals surface area contributed by atoms with Gasteiger partial charge in [0.1, 0.15) is 12.7 Å². The molecule has 1 saturated heterocycles. The van der Waals surface area contributed by atoms with Crippen molar-refractivity contribution < 1.29 is 33.3 Å². The van der Waals surface area contributed by atoms with E-state index in [0.717, 1.165) is 10.3 Å². The first-order chi connectivity index (χ1) is 22.4. The van der Waals surface area contributed by atoms with Gasteiger partial charge in [-0.2, -0.15) is 0 Å². The first-order valence-electron chi connectivity index (χ1n) is 14.5. The number of hydrogen-bond acceptors (Lipinski definition) is 9. The minimum absolute atomic E-state index is 0.254. The molecule has 5 aromatic rings. The summed E-state index contributed by atoms with van der Waals surface area (Å²) in [5.74, 6) is -2.03. The number of thioether (sulfide) groups is 1. The molecule has 0 aliphatic carbocycles. The van der Waals surface area contributed by atoms with Gasteiger partial charge in [0, 0.05) is 16.5 Å². The van der Waals surface area contributed by atoms with Gasteiger partial charge in [0.2, 0.25) is 0 Å². The van der Waals surface area contributed by atoms with Gasteiger partial charge < -0.3 is 18.9 Å². The van der Waals surface area contributed by atoms with Crippen LogP contribution >= 0.6 is 11.8 Å². The summed E-state index contributed by atoms with van der Waals surface area (Å²) in [6.45, 7) is -0.352. The van der Waals surface area contributed by atoms with E-state index < -0.39 is 48.0 Å². The molecule has 1 aliphatic heterocycles. The topological polar surface area (TPSA) is 110 Å². The van der Waals surface area contributed by atoms with Crippen LogP contribution in [0.4, 0.5) is 0 Å². The van der Waals surface area contributed by atoms with E-state index in [4.69, 9.17) is 18.9 Å². The van der Waals surface area contributed by atoms with Crippen LogP contribution in [0.15, 0.2) is 131 Å². The highest BCUT2D eigenvalue weighted by Crippen LogP contribution is 2.35. The lowest BCUT2D eigenvalue weighted by molar-refractivity contribution is -0.0632. The van der Waals surface area contributed by atoms with E-state index in [1.54, 1.807) is 109 Å². The van der Waals surface area contributed by atoms with Crippen molar-refractivity contribution in [2.75, 3.05) is 12.9 Å². The number of aromatic nitrogens is 1. The number of nitrogens with zero attached hydrogens (tertiary/aromatic N) is 1. The molecule has 0 amide bonds. The van der Waals surface area contributed by atoms with E-state index in [0.29, 0.717) is 10.9 Å². The summed E-state index contributed by atoms with van der Waals surface area (Å²) < 4.78 is 25.2. The molecule has 0 N–H and O–H groups in total. The van der Waals surface area contributed by atoms with Gasteiger partial charge in [-0.25, -0.2) is 14.4 Å². The average Bonchev–Trinajstić information content (AvgIpc) is 3.43. The summed E-state index contributed by atoms with van der Waals surface area (Å²) in [6, 6.07) is 32.3. The van der Waals surface area contributed by atoms with E-state index in [1.165, 1.54) is 16.3 Å². The summed E-state index contributed by atoms with van der Waals surface area (Å²) in [5, 5.41) is 1.15. The second-order valence-corrected chi connectivity index (χ2v) is 11.4. The molecule has 9 nitrogen and oxygen atoms in total. The molecule has 6 rings (SSSR count). The van der Waals surface area contributed by atoms with Gasteiger partial charge in [-0.3, -0.25) is 9.36 Å². The number of carbonyl (C=O) groups excluding carboxylic acids is 3. The summed E-state index contributed by atoms with van der Waals surface area (Å²) in [7, 11) is 0. The van der Waals surface area contributed by atoms with Crippen molar-refractivity contribution >= 4 is 40.4 Å². The van der Waals surface area contributed by atoms with Gasteiger partial charge in [0.05, 0.1) is 16.7 Å². The maximum absolute atomic E-state index is 13.9. The molecule has 1 aliphatic rings. The molecule has 0 bridgehead atoms. The molecular weight excluding hydrogens is 606 g/mol. The molecule has 0 unspecified atom stereocenters. The highest BCUT2D eigenvalue weighted by molar-refractivity contribution is 7.98. The highest BCUT2D eigenvalue weighted by Gasteiger charge is 2.51. The van der Waals surface area contributed by atoms with Crippen LogP contribution in [0, 0.1) is 0 Å². The minimum Gasteiger partial charge on any atom is -0.459 e. The van der Waals surface area contributed by atoms with Gasteiger partial charge in [-0.05, 0) is 66.2 Å². The smallest absolute Gasteiger partial charge is 0.338 e. The van der Waals surface area contributed by atoms with E-state index >= 15 is 0 Å². The minimum atomic E-state index is -1.29. The zero-order valence-corrected chi connectivity index (χ0v) is 25.5. The maximum atomic E-state index is 13.9. The van der Waals surface area contributed by atoms with Crippen molar-refractivity contribution in [2.24, 2.45) is 0 Å². The Morgan fingerprint density at radius 3 is 1.83 bits per heavy atom. The Labute approximate surface area is 268 Å². The molecule has 0 radical (unpaired) electrons. The van der Waals surface area contributed by atoms with Gasteiger partial charge in [0.15, 0.2) is 18.4 Å². The van der Waals surface area contributed by atoms with Crippen LogP contribution in [0.2, 0.25) is 0 Å². The van der Waals surface area contributed by atoms with Crippen LogP contribution in [0.25, 0.3) is 10.8 Å². The van der Waals surface area contributed by atoms with E-state index in [9.17, 15) is 19.2 Å². The molecule has 1 fully saturated rings. The standard InChI is InChI=1S/C36H29NO8S/c1-46-27-18-17-23-19-20-37(32(38)28(23)21-27)33-31(45-36(41)26-15-9-4-10-16-26)30(44-35(40)25-13-7-3-8-14-25)29(43-33)22-42-34(39)24-11-5-2-6-12-24/h2-21,29-31,33H,22H2,1H3/t29-,30+,31-,33-/m1/s1. The molecule has 0 spiro atoms. The number of ether oxygens (including phenoxy) is 4. The Kier molecular flexibility index (Phi) is 9.28. The zero-order valence-electron chi connectivity index (χ0n) is 24.7. The third-order valence-corrected chi connectivity index (χ3v) is 8.32. The second kappa shape index (κ2) is 13.8.